The maximum absolute atomic E-state index is 6.08. The molecule has 0 aliphatic rings. The fourth-order valence-corrected chi connectivity index (χ4v) is 1.54. The van der Waals surface area contributed by atoms with Gasteiger partial charge in [-0.25, -0.2) is 0 Å². The van der Waals surface area contributed by atoms with Crippen LogP contribution in [0.3, 0.4) is 0 Å². The molecule has 2 heteroatoms. The van der Waals surface area contributed by atoms with E-state index in [1.165, 1.54) is 11.3 Å². The number of hydrogen-bond donors (Lipinski definition) is 1. The van der Waals surface area contributed by atoms with Gasteiger partial charge in [0.05, 0.1) is 0 Å². The highest BCUT2D eigenvalue weighted by atomic mass is 15.1. The van der Waals surface area contributed by atoms with Gasteiger partial charge in [-0.1, -0.05) is 12.1 Å². The summed E-state index contributed by atoms with van der Waals surface area (Å²) in [5.74, 6) is 5.93. The molecule has 0 fully saturated rings. The molecule has 2 N–H and O–H groups in total. The largest absolute Gasteiger partial charge is 0.378 e. The SMILES string of the molecule is CC#CCCC(N)c1ccc(N(C)C)cc1. The number of anilines is 1. The second-order valence-corrected chi connectivity index (χ2v) is 4.06. The molecule has 0 saturated heterocycles. The lowest BCUT2D eigenvalue weighted by Crippen LogP contribution is -2.11. The van der Waals surface area contributed by atoms with Gasteiger partial charge in [-0.05, 0) is 31.0 Å². The molecule has 1 aromatic rings. The van der Waals surface area contributed by atoms with E-state index in [4.69, 9.17) is 5.73 Å². The molecule has 0 aliphatic heterocycles. The molecule has 0 radical (unpaired) electrons. The quantitative estimate of drug-likeness (QED) is 0.784. The highest BCUT2D eigenvalue weighted by Gasteiger charge is 2.05. The number of nitrogens with two attached hydrogens (primary N) is 1. The van der Waals surface area contributed by atoms with Crippen molar-refractivity contribution < 1.29 is 0 Å². The van der Waals surface area contributed by atoms with Crippen molar-refractivity contribution in [2.45, 2.75) is 25.8 Å². The van der Waals surface area contributed by atoms with E-state index in [0.29, 0.717) is 0 Å². The van der Waals surface area contributed by atoms with E-state index in [0.717, 1.165) is 12.8 Å². The average Bonchev–Trinajstić information content (AvgIpc) is 2.29. The molecule has 0 aliphatic carbocycles. The second-order valence-electron chi connectivity index (χ2n) is 4.06. The van der Waals surface area contributed by atoms with Crippen molar-refractivity contribution in [3.05, 3.63) is 29.8 Å². The second kappa shape index (κ2) is 6.19. The molecular formula is C14H20N2. The van der Waals surface area contributed by atoms with Crippen molar-refractivity contribution in [3.8, 4) is 11.8 Å². The predicted octanol–water partition coefficient (Wildman–Crippen LogP) is 2.56. The lowest BCUT2D eigenvalue weighted by atomic mass is 10.0. The molecule has 1 rings (SSSR count). The summed E-state index contributed by atoms with van der Waals surface area (Å²) in [4.78, 5) is 2.08. The summed E-state index contributed by atoms with van der Waals surface area (Å²) in [6, 6.07) is 8.48. The van der Waals surface area contributed by atoms with Crippen LogP contribution in [-0.2, 0) is 0 Å². The Balaban J connectivity index is 2.61. The van der Waals surface area contributed by atoms with E-state index in [-0.39, 0.29) is 6.04 Å². The maximum Gasteiger partial charge on any atom is 0.0361 e. The molecule has 1 unspecified atom stereocenters. The molecule has 1 atom stereocenters. The number of nitrogens with zero attached hydrogens (tertiary/aromatic N) is 1. The minimum Gasteiger partial charge on any atom is -0.378 e. The predicted molar refractivity (Wildman–Crippen MR) is 70.4 cm³/mol. The number of hydrogen-bond acceptors (Lipinski definition) is 2. The topological polar surface area (TPSA) is 29.3 Å². The van der Waals surface area contributed by atoms with Gasteiger partial charge < -0.3 is 10.6 Å². The van der Waals surface area contributed by atoms with E-state index in [1.54, 1.807) is 0 Å². The lowest BCUT2D eigenvalue weighted by molar-refractivity contribution is 0.667. The van der Waals surface area contributed by atoms with Crippen LogP contribution >= 0.6 is 0 Å². The molecule has 0 spiro atoms. The minimum absolute atomic E-state index is 0.0945. The van der Waals surface area contributed by atoms with Gasteiger partial charge >= 0.3 is 0 Å². The summed E-state index contributed by atoms with van der Waals surface area (Å²) < 4.78 is 0. The minimum atomic E-state index is 0.0945. The normalized spacial score (nSPS) is 11.5. The molecule has 0 saturated carbocycles. The third kappa shape index (κ3) is 3.60. The highest BCUT2D eigenvalue weighted by molar-refractivity contribution is 5.46. The first-order valence-electron chi connectivity index (χ1n) is 5.57. The van der Waals surface area contributed by atoms with Gasteiger partial charge in [0.15, 0.2) is 0 Å². The molecular weight excluding hydrogens is 196 g/mol. The molecule has 1 aromatic carbocycles. The lowest BCUT2D eigenvalue weighted by Gasteiger charge is -2.15. The van der Waals surface area contributed by atoms with Crippen LogP contribution in [0.1, 0.15) is 31.4 Å². The molecule has 0 bridgehead atoms. The van der Waals surface area contributed by atoms with Gasteiger partial charge in [0.2, 0.25) is 0 Å². The molecule has 0 amide bonds. The Morgan fingerprint density at radius 3 is 2.38 bits per heavy atom. The number of benzene rings is 1. The Bertz CT molecular complexity index is 368. The highest BCUT2D eigenvalue weighted by Crippen LogP contribution is 2.19. The zero-order valence-corrected chi connectivity index (χ0v) is 10.3. The van der Waals surface area contributed by atoms with Crippen molar-refractivity contribution in [2.75, 3.05) is 19.0 Å². The summed E-state index contributed by atoms with van der Waals surface area (Å²) >= 11 is 0. The zero-order valence-electron chi connectivity index (χ0n) is 10.3. The Morgan fingerprint density at radius 1 is 1.25 bits per heavy atom. The van der Waals surface area contributed by atoms with Gasteiger partial charge in [0, 0.05) is 32.2 Å². The first-order chi connectivity index (χ1) is 7.65. The molecule has 2 nitrogen and oxygen atoms in total. The van der Waals surface area contributed by atoms with Crippen molar-refractivity contribution in [3.63, 3.8) is 0 Å². The standard InChI is InChI=1S/C14H20N2/c1-4-5-6-7-14(15)12-8-10-13(11-9-12)16(2)3/h8-11,14H,6-7,15H2,1-3H3. The van der Waals surface area contributed by atoms with Crippen LogP contribution in [0.4, 0.5) is 5.69 Å². The van der Waals surface area contributed by atoms with Crippen LogP contribution in [0.2, 0.25) is 0 Å². The van der Waals surface area contributed by atoms with E-state index in [9.17, 15) is 0 Å². The van der Waals surface area contributed by atoms with Crippen LogP contribution in [0.15, 0.2) is 24.3 Å². The summed E-state index contributed by atoms with van der Waals surface area (Å²) in [6.45, 7) is 1.86. The van der Waals surface area contributed by atoms with Crippen LogP contribution in [-0.4, -0.2) is 14.1 Å². The fraction of sp³-hybridized carbons (Fsp3) is 0.429. The molecule has 0 heterocycles. The fourth-order valence-electron chi connectivity index (χ4n) is 1.54. The summed E-state index contributed by atoms with van der Waals surface area (Å²) in [6.07, 6.45) is 1.79. The van der Waals surface area contributed by atoms with Crippen molar-refractivity contribution >= 4 is 5.69 Å². The summed E-state index contributed by atoms with van der Waals surface area (Å²) in [7, 11) is 4.07. The molecule has 0 aromatic heterocycles. The third-order valence-corrected chi connectivity index (χ3v) is 2.59. The van der Waals surface area contributed by atoms with Crippen LogP contribution in [0, 0.1) is 11.8 Å². The van der Waals surface area contributed by atoms with Gasteiger partial charge in [0.25, 0.3) is 0 Å². The van der Waals surface area contributed by atoms with Gasteiger partial charge in [0.1, 0.15) is 0 Å². The van der Waals surface area contributed by atoms with Crippen molar-refractivity contribution in [1.29, 1.82) is 0 Å². The van der Waals surface area contributed by atoms with E-state index in [1.807, 2.05) is 21.0 Å². The van der Waals surface area contributed by atoms with E-state index in [2.05, 4.69) is 41.0 Å². The zero-order chi connectivity index (χ0) is 12.0. The molecule has 16 heavy (non-hydrogen) atoms. The average molecular weight is 216 g/mol. The van der Waals surface area contributed by atoms with Crippen LogP contribution < -0.4 is 10.6 Å². The maximum atomic E-state index is 6.08. The first-order valence-corrected chi connectivity index (χ1v) is 5.57. The van der Waals surface area contributed by atoms with Crippen LogP contribution in [0.25, 0.3) is 0 Å². The number of rotatable bonds is 4. The summed E-state index contributed by atoms with van der Waals surface area (Å²) in [5, 5.41) is 0. The first kappa shape index (κ1) is 12.6. The monoisotopic (exact) mass is 216 g/mol. The van der Waals surface area contributed by atoms with E-state index < -0.39 is 0 Å². The molecule has 86 valence electrons. The Hall–Kier alpha value is -1.46. The van der Waals surface area contributed by atoms with Crippen LogP contribution in [0.5, 0.6) is 0 Å². The van der Waals surface area contributed by atoms with Crippen molar-refractivity contribution in [1.82, 2.24) is 0 Å². The van der Waals surface area contributed by atoms with Gasteiger partial charge in [-0.2, -0.15) is 0 Å². The Kier molecular flexibility index (Phi) is 4.88. The smallest absolute Gasteiger partial charge is 0.0361 e. The van der Waals surface area contributed by atoms with Gasteiger partial charge in [-0.15, -0.1) is 11.8 Å². The van der Waals surface area contributed by atoms with Gasteiger partial charge in [-0.3, -0.25) is 0 Å². The Morgan fingerprint density at radius 2 is 1.88 bits per heavy atom. The Labute approximate surface area is 98.4 Å². The van der Waals surface area contributed by atoms with E-state index >= 15 is 0 Å². The summed E-state index contributed by atoms with van der Waals surface area (Å²) in [5.41, 5.74) is 8.46. The van der Waals surface area contributed by atoms with Crippen molar-refractivity contribution in [2.24, 2.45) is 5.73 Å². The third-order valence-electron chi connectivity index (χ3n) is 2.59.